The van der Waals surface area contributed by atoms with Crippen LogP contribution in [0.15, 0.2) is 42.5 Å². The Labute approximate surface area is 159 Å². The second-order valence-corrected chi connectivity index (χ2v) is 5.78. The van der Waals surface area contributed by atoms with Crippen molar-refractivity contribution >= 4 is 29.9 Å². The van der Waals surface area contributed by atoms with Crippen LogP contribution < -0.4 is 21.1 Å². The molecule has 0 atom stereocenters. The zero-order valence-corrected chi connectivity index (χ0v) is 15.7. The molecular weight excluding hydrogens is 354 g/mol. The molecule has 0 radical (unpaired) electrons. The molecule has 7 heteroatoms. The first-order valence-electron chi connectivity index (χ1n) is 8.03. The zero-order chi connectivity index (χ0) is 18.2. The van der Waals surface area contributed by atoms with Gasteiger partial charge in [-0.05, 0) is 43.2 Å². The number of carbonyl (C=O) groups excluding carboxylic acids is 2. The number of hydrogen-bond donors (Lipinski definition) is 3. The molecule has 2 amide bonds. The standard InChI is InChI=1S/C19H23N3O3.ClH/c1-13-4-3-5-15(8-13)12-25-16-6-7-17(14(2)9-16)22-19(24)11-21-18(23)10-20;/h3-9H,10-12,20H2,1-2H3,(H,21,23)(H,22,24);1H. The van der Waals surface area contributed by atoms with Crippen molar-refractivity contribution in [2.45, 2.75) is 20.5 Å². The summed E-state index contributed by atoms with van der Waals surface area (Å²) in [6.45, 7) is 4.16. The lowest BCUT2D eigenvalue weighted by Gasteiger charge is -2.12. The number of carbonyl (C=O) groups is 2. The van der Waals surface area contributed by atoms with E-state index in [1.807, 2.05) is 38.1 Å². The minimum absolute atomic E-state index is 0. The van der Waals surface area contributed by atoms with E-state index in [0.717, 1.165) is 16.9 Å². The summed E-state index contributed by atoms with van der Waals surface area (Å²) in [5.74, 6) is 0.0542. The molecule has 26 heavy (non-hydrogen) atoms. The number of nitrogens with two attached hydrogens (primary N) is 1. The Kier molecular flexibility index (Phi) is 8.61. The van der Waals surface area contributed by atoms with E-state index in [1.165, 1.54) is 5.56 Å². The van der Waals surface area contributed by atoms with Crippen LogP contribution in [-0.4, -0.2) is 24.9 Å². The van der Waals surface area contributed by atoms with Crippen molar-refractivity contribution in [3.63, 3.8) is 0 Å². The van der Waals surface area contributed by atoms with Gasteiger partial charge in [0.2, 0.25) is 11.8 Å². The van der Waals surface area contributed by atoms with Crippen LogP contribution in [0, 0.1) is 13.8 Å². The molecule has 6 nitrogen and oxygen atoms in total. The molecule has 0 unspecified atom stereocenters. The third-order valence-electron chi connectivity index (χ3n) is 3.59. The monoisotopic (exact) mass is 377 g/mol. The first-order chi connectivity index (χ1) is 12.0. The molecule has 2 rings (SSSR count). The lowest BCUT2D eigenvalue weighted by molar-refractivity contribution is -0.123. The third-order valence-corrected chi connectivity index (χ3v) is 3.59. The topological polar surface area (TPSA) is 93.5 Å². The van der Waals surface area contributed by atoms with Gasteiger partial charge in [0.15, 0.2) is 0 Å². The molecule has 0 aromatic heterocycles. The van der Waals surface area contributed by atoms with Gasteiger partial charge in [0, 0.05) is 5.69 Å². The van der Waals surface area contributed by atoms with E-state index < -0.39 is 0 Å². The van der Waals surface area contributed by atoms with Crippen molar-refractivity contribution < 1.29 is 14.3 Å². The smallest absolute Gasteiger partial charge is 0.243 e. The maximum Gasteiger partial charge on any atom is 0.243 e. The molecule has 0 spiro atoms. The highest BCUT2D eigenvalue weighted by Gasteiger charge is 2.07. The van der Waals surface area contributed by atoms with E-state index in [4.69, 9.17) is 10.5 Å². The lowest BCUT2D eigenvalue weighted by Crippen LogP contribution is -2.36. The summed E-state index contributed by atoms with van der Waals surface area (Å²) in [6.07, 6.45) is 0. The molecule has 2 aromatic carbocycles. The van der Waals surface area contributed by atoms with Gasteiger partial charge in [-0.3, -0.25) is 9.59 Å². The first-order valence-corrected chi connectivity index (χ1v) is 8.03. The molecule has 4 N–H and O–H groups in total. The molecule has 2 aromatic rings. The number of rotatable bonds is 7. The van der Waals surface area contributed by atoms with Crippen molar-refractivity contribution in [3.05, 3.63) is 59.2 Å². The first kappa shape index (κ1) is 21.5. The predicted molar refractivity (Wildman–Crippen MR) is 105 cm³/mol. The summed E-state index contributed by atoms with van der Waals surface area (Å²) in [5.41, 5.74) is 9.02. The number of benzene rings is 2. The molecular formula is C19H24ClN3O3. The average Bonchev–Trinajstić information content (AvgIpc) is 2.60. The highest BCUT2D eigenvalue weighted by molar-refractivity contribution is 5.95. The molecule has 0 aliphatic rings. The van der Waals surface area contributed by atoms with Gasteiger partial charge >= 0.3 is 0 Å². The van der Waals surface area contributed by atoms with Crippen molar-refractivity contribution in [3.8, 4) is 5.75 Å². The normalized spacial score (nSPS) is 9.81. The SMILES string of the molecule is Cc1cccc(COc2ccc(NC(=O)CNC(=O)CN)c(C)c2)c1.Cl. The highest BCUT2D eigenvalue weighted by atomic mass is 35.5. The van der Waals surface area contributed by atoms with Crippen molar-refractivity contribution in [1.82, 2.24) is 5.32 Å². The van der Waals surface area contributed by atoms with E-state index in [2.05, 4.69) is 16.7 Å². The van der Waals surface area contributed by atoms with Gasteiger partial charge in [-0.2, -0.15) is 0 Å². The number of amides is 2. The van der Waals surface area contributed by atoms with E-state index in [9.17, 15) is 9.59 Å². The molecule has 0 fully saturated rings. The Morgan fingerprint density at radius 2 is 1.85 bits per heavy atom. The predicted octanol–water partition coefficient (Wildman–Crippen LogP) is 2.32. The Hall–Kier alpha value is -2.57. The second-order valence-electron chi connectivity index (χ2n) is 5.78. The summed E-state index contributed by atoms with van der Waals surface area (Å²) in [6, 6.07) is 13.6. The summed E-state index contributed by atoms with van der Waals surface area (Å²) >= 11 is 0. The summed E-state index contributed by atoms with van der Waals surface area (Å²) in [7, 11) is 0. The van der Waals surface area contributed by atoms with Crippen molar-refractivity contribution in [2.24, 2.45) is 5.73 Å². The van der Waals surface area contributed by atoms with E-state index in [-0.39, 0.29) is 37.3 Å². The number of halogens is 1. The van der Waals surface area contributed by atoms with Gasteiger partial charge in [0.1, 0.15) is 12.4 Å². The Balaban J connectivity index is 0.00000338. The number of anilines is 1. The van der Waals surface area contributed by atoms with Crippen LogP contribution in [0.3, 0.4) is 0 Å². The minimum atomic E-state index is -0.369. The number of aryl methyl sites for hydroxylation is 2. The molecule has 140 valence electrons. The van der Waals surface area contributed by atoms with Crippen molar-refractivity contribution in [1.29, 1.82) is 0 Å². The van der Waals surface area contributed by atoms with Crippen LogP contribution in [0.4, 0.5) is 5.69 Å². The third kappa shape index (κ3) is 6.74. The minimum Gasteiger partial charge on any atom is -0.489 e. The Bertz CT molecular complexity index is 765. The van der Waals surface area contributed by atoms with Crippen LogP contribution in [0.2, 0.25) is 0 Å². The average molecular weight is 378 g/mol. The fourth-order valence-electron chi connectivity index (χ4n) is 2.28. The molecule has 0 saturated carbocycles. The number of hydrogen-bond acceptors (Lipinski definition) is 4. The molecule has 0 bridgehead atoms. The van der Waals surface area contributed by atoms with Crippen LogP contribution in [0.1, 0.15) is 16.7 Å². The van der Waals surface area contributed by atoms with Gasteiger partial charge in [-0.15, -0.1) is 12.4 Å². The summed E-state index contributed by atoms with van der Waals surface area (Å²) in [5, 5.41) is 5.17. The number of nitrogens with one attached hydrogen (secondary N) is 2. The molecule has 0 aliphatic heterocycles. The zero-order valence-electron chi connectivity index (χ0n) is 14.9. The van der Waals surface area contributed by atoms with E-state index >= 15 is 0 Å². The van der Waals surface area contributed by atoms with Gasteiger partial charge in [-0.1, -0.05) is 29.8 Å². The van der Waals surface area contributed by atoms with Crippen LogP contribution in [-0.2, 0) is 16.2 Å². The highest BCUT2D eigenvalue weighted by Crippen LogP contribution is 2.22. The molecule has 0 saturated heterocycles. The van der Waals surface area contributed by atoms with Crippen molar-refractivity contribution in [2.75, 3.05) is 18.4 Å². The fourth-order valence-corrected chi connectivity index (χ4v) is 2.28. The fraction of sp³-hybridized carbons (Fsp3) is 0.263. The maximum atomic E-state index is 11.8. The summed E-state index contributed by atoms with van der Waals surface area (Å²) < 4.78 is 5.80. The maximum absolute atomic E-state index is 11.8. The van der Waals surface area contributed by atoms with Gasteiger partial charge in [-0.25, -0.2) is 0 Å². The molecule has 0 aliphatic carbocycles. The summed E-state index contributed by atoms with van der Waals surface area (Å²) in [4.78, 5) is 22.9. The number of ether oxygens (including phenoxy) is 1. The van der Waals surface area contributed by atoms with E-state index in [0.29, 0.717) is 12.3 Å². The van der Waals surface area contributed by atoms with Crippen LogP contribution in [0.25, 0.3) is 0 Å². The lowest BCUT2D eigenvalue weighted by atomic mass is 10.1. The molecule has 0 heterocycles. The van der Waals surface area contributed by atoms with Gasteiger partial charge in [0.05, 0.1) is 13.1 Å². The van der Waals surface area contributed by atoms with Crippen LogP contribution in [0.5, 0.6) is 5.75 Å². The van der Waals surface area contributed by atoms with Gasteiger partial charge < -0.3 is 21.1 Å². The second kappa shape index (κ2) is 10.4. The van der Waals surface area contributed by atoms with E-state index in [1.54, 1.807) is 12.1 Å². The Morgan fingerprint density at radius 1 is 1.08 bits per heavy atom. The van der Waals surface area contributed by atoms with Gasteiger partial charge in [0.25, 0.3) is 0 Å². The quantitative estimate of drug-likeness (QED) is 0.690. The largest absolute Gasteiger partial charge is 0.489 e. The Morgan fingerprint density at radius 3 is 2.50 bits per heavy atom. The van der Waals surface area contributed by atoms with Crippen LogP contribution >= 0.6 is 12.4 Å².